The summed E-state index contributed by atoms with van der Waals surface area (Å²) >= 11 is 0. The van der Waals surface area contributed by atoms with Crippen molar-refractivity contribution in [2.24, 2.45) is 5.92 Å². The minimum atomic E-state index is -0.525. The van der Waals surface area contributed by atoms with E-state index in [1.54, 1.807) is 15.8 Å². The van der Waals surface area contributed by atoms with E-state index in [4.69, 9.17) is 0 Å². The van der Waals surface area contributed by atoms with Gasteiger partial charge in [-0.05, 0) is 30.7 Å². The minimum Gasteiger partial charge on any atom is -0.502 e. The highest BCUT2D eigenvalue weighted by atomic mass is 16.3. The summed E-state index contributed by atoms with van der Waals surface area (Å²) in [6.07, 6.45) is 8.90. The van der Waals surface area contributed by atoms with Crippen LogP contribution in [0.4, 0.5) is 0 Å². The largest absolute Gasteiger partial charge is 0.502 e. The van der Waals surface area contributed by atoms with Crippen molar-refractivity contribution in [3.63, 3.8) is 0 Å². The highest BCUT2D eigenvalue weighted by molar-refractivity contribution is 5.96. The lowest BCUT2D eigenvalue weighted by molar-refractivity contribution is 0.0599. The quantitative estimate of drug-likeness (QED) is 0.832. The summed E-state index contributed by atoms with van der Waals surface area (Å²) < 4.78 is 1.66. The Morgan fingerprint density at radius 1 is 1.04 bits per heavy atom. The summed E-state index contributed by atoms with van der Waals surface area (Å²) in [5.41, 5.74) is 0.671. The molecule has 2 aliphatic heterocycles. The molecule has 6 heteroatoms. The molecule has 1 amide bonds. The number of aromatic hydroxyl groups is 1. The zero-order chi connectivity index (χ0) is 18.5. The maximum atomic E-state index is 13.2. The Labute approximate surface area is 156 Å². The summed E-state index contributed by atoms with van der Waals surface area (Å²) in [4.78, 5) is 27.0. The molecule has 2 bridgehead atoms. The Bertz CT molecular complexity index is 978. The van der Waals surface area contributed by atoms with Crippen LogP contribution in [0.3, 0.4) is 0 Å². The standard InChI is InChI=1S/C21H21N3O3/c25-18-11-12-23-19(20(18)26)21(27)22-13-24(23)17(14-5-2-1-3-6-14)8-4-7-16(22)15-9-10-15/h1-7,11-12,15-17,26H,8-10,13H2/b7-4-. The first kappa shape index (κ1) is 16.2. The van der Waals surface area contributed by atoms with Gasteiger partial charge in [-0.2, -0.15) is 0 Å². The average molecular weight is 363 g/mol. The van der Waals surface area contributed by atoms with E-state index in [1.165, 1.54) is 6.07 Å². The lowest BCUT2D eigenvalue weighted by atomic mass is 9.99. The molecule has 0 radical (unpaired) electrons. The molecule has 27 heavy (non-hydrogen) atoms. The fraction of sp³-hybridized carbons (Fsp3) is 0.333. The highest BCUT2D eigenvalue weighted by Crippen LogP contribution is 2.40. The molecule has 2 atom stereocenters. The van der Waals surface area contributed by atoms with Crippen molar-refractivity contribution >= 4 is 5.91 Å². The number of amides is 1. The van der Waals surface area contributed by atoms with E-state index in [-0.39, 0.29) is 23.7 Å². The van der Waals surface area contributed by atoms with Crippen molar-refractivity contribution in [3.8, 4) is 5.75 Å². The normalized spacial score (nSPS) is 25.6. The van der Waals surface area contributed by atoms with Gasteiger partial charge in [0.15, 0.2) is 11.4 Å². The van der Waals surface area contributed by atoms with Crippen LogP contribution in [0.5, 0.6) is 5.75 Å². The zero-order valence-corrected chi connectivity index (χ0v) is 14.9. The van der Waals surface area contributed by atoms with Gasteiger partial charge in [0.25, 0.3) is 5.91 Å². The monoisotopic (exact) mass is 363 g/mol. The van der Waals surface area contributed by atoms with Gasteiger partial charge in [0, 0.05) is 12.3 Å². The van der Waals surface area contributed by atoms with E-state index in [9.17, 15) is 14.7 Å². The first-order chi connectivity index (χ1) is 13.1. The number of fused-ring (bicyclic) bond motifs is 4. The second-order valence-electron chi connectivity index (χ2n) is 7.50. The van der Waals surface area contributed by atoms with Crippen molar-refractivity contribution in [1.29, 1.82) is 0 Å². The summed E-state index contributed by atoms with van der Waals surface area (Å²) in [7, 11) is 0. The van der Waals surface area contributed by atoms with Crippen LogP contribution < -0.4 is 10.4 Å². The third-order valence-corrected chi connectivity index (χ3v) is 5.79. The molecule has 1 saturated carbocycles. The van der Waals surface area contributed by atoms with Crippen molar-refractivity contribution in [3.05, 3.63) is 76.2 Å². The fourth-order valence-electron chi connectivity index (χ4n) is 4.24. The van der Waals surface area contributed by atoms with E-state index in [2.05, 4.69) is 29.3 Å². The van der Waals surface area contributed by atoms with Crippen LogP contribution in [-0.4, -0.2) is 33.3 Å². The molecule has 0 saturated heterocycles. The molecule has 2 aromatic rings. The molecule has 1 aromatic carbocycles. The van der Waals surface area contributed by atoms with E-state index in [1.807, 2.05) is 18.2 Å². The van der Waals surface area contributed by atoms with Crippen LogP contribution in [0, 0.1) is 5.92 Å². The van der Waals surface area contributed by atoms with Crippen LogP contribution in [0.2, 0.25) is 0 Å². The summed E-state index contributed by atoms with van der Waals surface area (Å²) in [6, 6.07) is 11.5. The van der Waals surface area contributed by atoms with Crippen LogP contribution in [0.25, 0.3) is 0 Å². The molecule has 138 valence electrons. The van der Waals surface area contributed by atoms with Gasteiger partial charge in [-0.15, -0.1) is 0 Å². The molecule has 1 aliphatic carbocycles. The number of rotatable bonds is 2. The van der Waals surface area contributed by atoms with Gasteiger partial charge in [0.2, 0.25) is 5.43 Å². The number of pyridine rings is 1. The molecule has 6 nitrogen and oxygen atoms in total. The number of benzene rings is 1. The fourth-order valence-corrected chi connectivity index (χ4v) is 4.24. The SMILES string of the molecule is O=C1c2c(O)c(=O)ccn2N2CN1C(C1CC1)/C=C\CC2c1ccccc1. The number of carbonyl (C=O) groups excluding carboxylic acids is 1. The Kier molecular flexibility index (Phi) is 3.60. The van der Waals surface area contributed by atoms with Crippen LogP contribution >= 0.6 is 0 Å². The van der Waals surface area contributed by atoms with Gasteiger partial charge in [0.05, 0.1) is 12.1 Å². The van der Waals surface area contributed by atoms with E-state index in [0.29, 0.717) is 12.6 Å². The van der Waals surface area contributed by atoms with Gasteiger partial charge in [-0.25, -0.2) is 0 Å². The van der Waals surface area contributed by atoms with Gasteiger partial charge >= 0.3 is 0 Å². The topological polar surface area (TPSA) is 65.8 Å². The van der Waals surface area contributed by atoms with E-state index in [0.717, 1.165) is 24.8 Å². The molecule has 0 spiro atoms. The highest BCUT2D eigenvalue weighted by Gasteiger charge is 2.43. The predicted molar refractivity (Wildman–Crippen MR) is 101 cm³/mol. The molecule has 2 unspecified atom stereocenters. The molecule has 3 aliphatic rings. The summed E-state index contributed by atoms with van der Waals surface area (Å²) in [5, 5.41) is 12.5. The Hall–Kier alpha value is -3.02. The maximum absolute atomic E-state index is 13.2. The van der Waals surface area contributed by atoms with Crippen LogP contribution in [-0.2, 0) is 0 Å². The summed E-state index contributed by atoms with van der Waals surface area (Å²) in [6.45, 7) is 0.430. The Morgan fingerprint density at radius 3 is 2.56 bits per heavy atom. The third kappa shape index (κ3) is 2.55. The maximum Gasteiger partial charge on any atom is 0.278 e. The summed E-state index contributed by atoms with van der Waals surface area (Å²) in [5.74, 6) is -0.288. The number of nitrogens with zero attached hydrogens (tertiary/aromatic N) is 3. The van der Waals surface area contributed by atoms with Crippen molar-refractivity contribution in [2.45, 2.75) is 31.3 Å². The van der Waals surface area contributed by atoms with Gasteiger partial charge in [-0.3, -0.25) is 19.3 Å². The van der Waals surface area contributed by atoms with E-state index < -0.39 is 11.2 Å². The zero-order valence-electron chi connectivity index (χ0n) is 14.9. The smallest absolute Gasteiger partial charge is 0.278 e. The van der Waals surface area contributed by atoms with Gasteiger partial charge in [-0.1, -0.05) is 42.5 Å². The van der Waals surface area contributed by atoms with E-state index >= 15 is 0 Å². The third-order valence-electron chi connectivity index (χ3n) is 5.79. The second kappa shape index (κ2) is 6.01. The average Bonchev–Trinajstić information content (AvgIpc) is 3.50. The lowest BCUT2D eigenvalue weighted by Crippen LogP contribution is -2.58. The Morgan fingerprint density at radius 2 is 1.81 bits per heavy atom. The van der Waals surface area contributed by atoms with Crippen molar-refractivity contribution < 1.29 is 9.90 Å². The van der Waals surface area contributed by atoms with Gasteiger partial charge < -0.3 is 10.0 Å². The van der Waals surface area contributed by atoms with Crippen LogP contribution in [0.1, 0.15) is 41.4 Å². The first-order valence-corrected chi connectivity index (χ1v) is 9.39. The number of hydrogen-bond acceptors (Lipinski definition) is 4. The number of aromatic nitrogens is 1. The van der Waals surface area contributed by atoms with Crippen LogP contribution in [0.15, 0.2) is 59.5 Å². The van der Waals surface area contributed by atoms with Crippen molar-refractivity contribution in [1.82, 2.24) is 9.58 Å². The number of carbonyl (C=O) groups is 1. The predicted octanol–water partition coefficient (Wildman–Crippen LogP) is 2.38. The lowest BCUT2D eigenvalue weighted by Gasteiger charge is -2.46. The number of hydrogen-bond donors (Lipinski definition) is 1. The molecule has 5 rings (SSSR count). The molecular formula is C21H21N3O3. The molecule has 1 fully saturated rings. The minimum absolute atomic E-state index is 0.00106. The molecular weight excluding hydrogens is 342 g/mol. The Balaban J connectivity index is 1.70. The molecule has 1 N–H and O–H groups in total. The first-order valence-electron chi connectivity index (χ1n) is 9.39. The van der Waals surface area contributed by atoms with Crippen molar-refractivity contribution in [2.75, 3.05) is 11.7 Å². The molecule has 1 aromatic heterocycles. The second-order valence-corrected chi connectivity index (χ2v) is 7.50. The van der Waals surface area contributed by atoms with Gasteiger partial charge in [0.1, 0.15) is 6.67 Å². The molecule has 3 heterocycles.